The summed E-state index contributed by atoms with van der Waals surface area (Å²) in [5.41, 5.74) is 2.64. The largest absolute Gasteiger partial charge is 0.492 e. The van der Waals surface area contributed by atoms with Crippen LogP contribution in [0.3, 0.4) is 0 Å². The molecule has 0 bridgehead atoms. The predicted octanol–water partition coefficient (Wildman–Crippen LogP) is 2.44. The number of carbonyl (C=O) groups is 2. The molecule has 1 aromatic carbocycles. The van der Waals surface area contributed by atoms with Crippen LogP contribution in [-0.4, -0.2) is 41.4 Å². The van der Waals surface area contributed by atoms with E-state index in [1.165, 1.54) is 0 Å². The second kappa shape index (κ2) is 10.5. The van der Waals surface area contributed by atoms with Gasteiger partial charge in [-0.2, -0.15) is 5.10 Å². The fourth-order valence-corrected chi connectivity index (χ4v) is 2.78. The summed E-state index contributed by atoms with van der Waals surface area (Å²) in [6.45, 7) is 9.25. The third-order valence-electron chi connectivity index (χ3n) is 4.19. The summed E-state index contributed by atoms with van der Waals surface area (Å²) in [4.78, 5) is 23.9. The lowest BCUT2D eigenvalue weighted by Crippen LogP contribution is -2.32. The number of hydrogen-bond donors (Lipinski definition) is 1. The Morgan fingerprint density at radius 1 is 1.18 bits per heavy atom. The highest BCUT2D eigenvalue weighted by Crippen LogP contribution is 2.15. The Morgan fingerprint density at radius 2 is 1.89 bits per heavy atom. The van der Waals surface area contributed by atoms with E-state index in [4.69, 9.17) is 9.47 Å². The predicted molar refractivity (Wildman–Crippen MR) is 106 cm³/mol. The van der Waals surface area contributed by atoms with Gasteiger partial charge in [-0.05, 0) is 31.9 Å². The maximum Gasteiger partial charge on any atom is 0.310 e. The fraction of sp³-hybridized carbons (Fsp3) is 0.476. The molecule has 1 N–H and O–H groups in total. The number of aryl methyl sites for hydroxylation is 1. The molecule has 0 aliphatic heterocycles. The number of carbonyl (C=O) groups excluding carboxylic acids is 2. The van der Waals surface area contributed by atoms with E-state index < -0.39 is 5.97 Å². The summed E-state index contributed by atoms with van der Waals surface area (Å²) in [6.07, 6.45) is 0.111. The number of para-hydroxylation sites is 1. The minimum absolute atomic E-state index is 0.111. The Balaban J connectivity index is 1.70. The molecule has 0 saturated carbocycles. The third-order valence-corrected chi connectivity index (χ3v) is 4.19. The number of benzene rings is 1. The van der Waals surface area contributed by atoms with Crippen LogP contribution in [0.5, 0.6) is 5.75 Å². The Kier molecular flexibility index (Phi) is 8.04. The molecule has 2 aromatic rings. The van der Waals surface area contributed by atoms with Crippen molar-refractivity contribution in [3.05, 3.63) is 47.3 Å². The zero-order valence-electron chi connectivity index (χ0n) is 17.0. The van der Waals surface area contributed by atoms with Gasteiger partial charge in [-0.1, -0.05) is 32.0 Å². The minimum atomic E-state index is -0.439. The van der Waals surface area contributed by atoms with Crippen molar-refractivity contribution in [1.29, 1.82) is 0 Å². The first-order valence-corrected chi connectivity index (χ1v) is 9.50. The monoisotopic (exact) mass is 387 g/mol. The quantitative estimate of drug-likeness (QED) is 0.500. The van der Waals surface area contributed by atoms with Crippen molar-refractivity contribution in [2.24, 2.45) is 5.92 Å². The molecule has 0 atom stereocenters. The van der Waals surface area contributed by atoms with Crippen LogP contribution in [0.4, 0.5) is 0 Å². The number of hydrogen-bond acceptors (Lipinski definition) is 5. The van der Waals surface area contributed by atoms with Crippen molar-refractivity contribution < 1.29 is 19.1 Å². The first-order valence-electron chi connectivity index (χ1n) is 9.50. The summed E-state index contributed by atoms with van der Waals surface area (Å²) in [6, 6.07) is 9.35. The van der Waals surface area contributed by atoms with E-state index in [9.17, 15) is 9.59 Å². The first-order chi connectivity index (χ1) is 13.4. The number of nitrogens with zero attached hydrogens (tertiary/aromatic N) is 2. The van der Waals surface area contributed by atoms with Gasteiger partial charge in [0.05, 0.1) is 18.7 Å². The van der Waals surface area contributed by atoms with Gasteiger partial charge in [0, 0.05) is 17.8 Å². The molecular formula is C21H29N3O4. The van der Waals surface area contributed by atoms with E-state index in [2.05, 4.69) is 24.3 Å². The summed E-state index contributed by atoms with van der Waals surface area (Å²) >= 11 is 0. The van der Waals surface area contributed by atoms with Crippen molar-refractivity contribution in [2.75, 3.05) is 19.8 Å². The van der Waals surface area contributed by atoms with Crippen molar-refractivity contribution >= 4 is 11.9 Å². The second-order valence-corrected chi connectivity index (χ2v) is 7.07. The molecule has 0 fully saturated rings. The average molecular weight is 387 g/mol. The van der Waals surface area contributed by atoms with Gasteiger partial charge in [0.2, 0.25) is 0 Å². The molecule has 2 rings (SSSR count). The SMILES string of the molecule is Cc1nn(CC(C)C)c(C)c1CC(=O)OCC(=O)NCCOc1ccccc1. The Labute approximate surface area is 166 Å². The van der Waals surface area contributed by atoms with E-state index >= 15 is 0 Å². The maximum absolute atomic E-state index is 12.1. The lowest BCUT2D eigenvalue weighted by Gasteiger charge is -2.09. The van der Waals surface area contributed by atoms with E-state index in [0.717, 1.165) is 29.2 Å². The maximum atomic E-state index is 12.1. The molecule has 0 radical (unpaired) electrons. The molecule has 0 aliphatic carbocycles. The minimum Gasteiger partial charge on any atom is -0.492 e. The molecule has 0 spiro atoms. The highest BCUT2D eigenvalue weighted by Gasteiger charge is 2.17. The summed E-state index contributed by atoms with van der Waals surface area (Å²) in [7, 11) is 0. The first kappa shape index (κ1) is 21.5. The van der Waals surface area contributed by atoms with E-state index in [0.29, 0.717) is 19.1 Å². The highest BCUT2D eigenvalue weighted by molar-refractivity contribution is 5.81. The molecule has 7 nitrogen and oxygen atoms in total. The molecule has 0 saturated heterocycles. The normalized spacial score (nSPS) is 10.8. The van der Waals surface area contributed by atoms with Crippen LogP contribution in [0.1, 0.15) is 30.8 Å². The lowest BCUT2D eigenvalue weighted by atomic mass is 10.1. The Morgan fingerprint density at radius 3 is 2.57 bits per heavy atom. The standard InChI is InChI=1S/C21H29N3O4/c1-15(2)13-24-17(4)19(16(3)23-24)12-21(26)28-14-20(25)22-10-11-27-18-8-6-5-7-9-18/h5-9,15H,10-14H2,1-4H3,(H,22,25). The smallest absolute Gasteiger partial charge is 0.310 e. The number of amides is 1. The summed E-state index contributed by atoms with van der Waals surface area (Å²) in [5.74, 6) is 0.416. The van der Waals surface area contributed by atoms with Gasteiger partial charge >= 0.3 is 5.97 Å². The van der Waals surface area contributed by atoms with Crippen molar-refractivity contribution in [2.45, 2.75) is 40.7 Å². The van der Waals surface area contributed by atoms with Gasteiger partial charge in [0.1, 0.15) is 12.4 Å². The van der Waals surface area contributed by atoms with Gasteiger partial charge < -0.3 is 14.8 Å². The number of nitrogens with one attached hydrogen (secondary N) is 1. The van der Waals surface area contributed by atoms with Crippen LogP contribution in [0.25, 0.3) is 0 Å². The number of aromatic nitrogens is 2. The van der Waals surface area contributed by atoms with Crippen LogP contribution in [-0.2, 0) is 27.3 Å². The molecule has 0 aliphatic rings. The third kappa shape index (κ3) is 6.72. The molecule has 1 aromatic heterocycles. The number of ether oxygens (including phenoxy) is 2. The van der Waals surface area contributed by atoms with Crippen LogP contribution in [0.2, 0.25) is 0 Å². The second-order valence-electron chi connectivity index (χ2n) is 7.07. The zero-order chi connectivity index (χ0) is 20.5. The van der Waals surface area contributed by atoms with E-state index in [-0.39, 0.29) is 18.9 Å². The van der Waals surface area contributed by atoms with Crippen LogP contribution in [0.15, 0.2) is 30.3 Å². The molecule has 28 heavy (non-hydrogen) atoms. The van der Waals surface area contributed by atoms with E-state index in [1.807, 2.05) is 48.9 Å². The van der Waals surface area contributed by atoms with Crippen LogP contribution in [0, 0.1) is 19.8 Å². The van der Waals surface area contributed by atoms with Crippen LogP contribution < -0.4 is 10.1 Å². The lowest BCUT2D eigenvalue weighted by molar-refractivity contribution is -0.147. The Bertz CT molecular complexity index is 784. The molecule has 152 valence electrons. The van der Waals surface area contributed by atoms with Crippen molar-refractivity contribution in [3.8, 4) is 5.75 Å². The van der Waals surface area contributed by atoms with Crippen molar-refractivity contribution in [3.63, 3.8) is 0 Å². The topological polar surface area (TPSA) is 82.5 Å². The zero-order valence-corrected chi connectivity index (χ0v) is 17.0. The summed E-state index contributed by atoms with van der Waals surface area (Å²) in [5, 5.41) is 7.15. The van der Waals surface area contributed by atoms with Gasteiger partial charge in [-0.3, -0.25) is 14.3 Å². The molecule has 1 heterocycles. The average Bonchev–Trinajstić information content (AvgIpc) is 2.91. The Hall–Kier alpha value is -2.83. The molecule has 7 heteroatoms. The van der Waals surface area contributed by atoms with E-state index in [1.54, 1.807) is 0 Å². The molecule has 1 amide bonds. The van der Waals surface area contributed by atoms with Crippen molar-refractivity contribution in [1.82, 2.24) is 15.1 Å². The number of rotatable bonds is 10. The van der Waals surface area contributed by atoms with Crippen LogP contribution >= 0.6 is 0 Å². The fourth-order valence-electron chi connectivity index (χ4n) is 2.78. The van der Waals surface area contributed by atoms with Gasteiger partial charge in [-0.25, -0.2) is 0 Å². The highest BCUT2D eigenvalue weighted by atomic mass is 16.5. The molecular weight excluding hydrogens is 358 g/mol. The summed E-state index contributed by atoms with van der Waals surface area (Å²) < 4.78 is 12.5. The van der Waals surface area contributed by atoms with Gasteiger partial charge in [0.15, 0.2) is 6.61 Å². The van der Waals surface area contributed by atoms with Gasteiger partial charge in [0.25, 0.3) is 5.91 Å². The number of esters is 1. The van der Waals surface area contributed by atoms with Gasteiger partial charge in [-0.15, -0.1) is 0 Å². The molecule has 0 unspecified atom stereocenters.